The van der Waals surface area contributed by atoms with Crippen LogP contribution in [0.5, 0.6) is 0 Å². The summed E-state index contributed by atoms with van der Waals surface area (Å²) in [4.78, 5) is 21.4. The monoisotopic (exact) mass is 462 g/mol. The van der Waals surface area contributed by atoms with Gasteiger partial charge in [-0.2, -0.15) is 0 Å². The number of aliphatic imine (C=N–C) groups is 1. The van der Waals surface area contributed by atoms with Gasteiger partial charge in [0.15, 0.2) is 5.96 Å². The summed E-state index contributed by atoms with van der Waals surface area (Å²) in [6.45, 7) is 10.4. The summed E-state index contributed by atoms with van der Waals surface area (Å²) in [7, 11) is 0. The maximum Gasteiger partial charge on any atom is 0.242 e. The summed E-state index contributed by atoms with van der Waals surface area (Å²) in [6.07, 6.45) is 3.85. The van der Waals surface area contributed by atoms with E-state index in [9.17, 15) is 4.79 Å². The van der Waals surface area contributed by atoms with Crippen molar-refractivity contribution in [2.75, 3.05) is 32.8 Å². The lowest BCUT2D eigenvalue weighted by atomic mass is 9.57. The fourth-order valence-electron chi connectivity index (χ4n) is 4.78. The van der Waals surface area contributed by atoms with E-state index in [-0.39, 0.29) is 35.3 Å². The zero-order valence-corrected chi connectivity index (χ0v) is 17.9. The van der Waals surface area contributed by atoms with Crippen LogP contribution in [0.4, 0.5) is 0 Å². The maximum absolute atomic E-state index is 12.5. The average molecular weight is 462 g/mol. The van der Waals surface area contributed by atoms with Crippen molar-refractivity contribution in [3.8, 4) is 0 Å². The smallest absolute Gasteiger partial charge is 0.242 e. The van der Waals surface area contributed by atoms with Gasteiger partial charge >= 0.3 is 0 Å². The van der Waals surface area contributed by atoms with Gasteiger partial charge in [0.1, 0.15) is 0 Å². The van der Waals surface area contributed by atoms with Gasteiger partial charge in [-0.1, -0.05) is 13.8 Å². The number of carbonyl (C=O) groups excluding carboxylic acids is 1. The summed E-state index contributed by atoms with van der Waals surface area (Å²) in [5.41, 5.74) is 0.121. The van der Waals surface area contributed by atoms with Gasteiger partial charge < -0.3 is 19.9 Å². The molecule has 2 saturated carbocycles. The molecule has 3 atom stereocenters. The Morgan fingerprint density at radius 2 is 2.08 bits per heavy atom. The third kappa shape index (κ3) is 3.38. The molecule has 7 heteroatoms. The molecular formula is C18H31IN4O2. The third-order valence-corrected chi connectivity index (χ3v) is 6.24. The van der Waals surface area contributed by atoms with Crippen LogP contribution in [-0.4, -0.2) is 72.6 Å². The van der Waals surface area contributed by atoms with Gasteiger partial charge in [-0.3, -0.25) is 9.79 Å². The molecule has 0 radical (unpaired) electrons. The van der Waals surface area contributed by atoms with E-state index in [0.717, 1.165) is 38.6 Å². The Morgan fingerprint density at radius 1 is 1.32 bits per heavy atom. The number of hydrogen-bond donors (Lipinski definition) is 1. The lowest BCUT2D eigenvalue weighted by Crippen LogP contribution is -2.69. The minimum Gasteiger partial charge on any atom is -0.377 e. The predicted molar refractivity (Wildman–Crippen MR) is 108 cm³/mol. The van der Waals surface area contributed by atoms with Crippen LogP contribution >= 0.6 is 24.0 Å². The van der Waals surface area contributed by atoms with Crippen molar-refractivity contribution in [2.45, 2.75) is 58.2 Å². The number of nitrogens with one attached hydrogen (secondary N) is 1. The molecule has 0 bridgehead atoms. The Hall–Kier alpha value is -0.570. The second kappa shape index (κ2) is 7.21. The van der Waals surface area contributed by atoms with Crippen LogP contribution in [0.3, 0.4) is 0 Å². The van der Waals surface area contributed by atoms with Gasteiger partial charge in [0, 0.05) is 49.7 Å². The Labute approximate surface area is 167 Å². The van der Waals surface area contributed by atoms with Gasteiger partial charge in [0.05, 0.1) is 12.6 Å². The van der Waals surface area contributed by atoms with Crippen molar-refractivity contribution in [2.24, 2.45) is 16.3 Å². The molecule has 2 heterocycles. The van der Waals surface area contributed by atoms with Crippen LogP contribution < -0.4 is 5.32 Å². The van der Waals surface area contributed by atoms with Crippen molar-refractivity contribution in [3.63, 3.8) is 0 Å². The Bertz CT molecular complexity index is 549. The molecule has 1 amide bonds. The molecule has 4 rings (SSSR count). The minimum atomic E-state index is 0. The van der Waals surface area contributed by atoms with E-state index in [1.165, 1.54) is 12.8 Å². The largest absolute Gasteiger partial charge is 0.377 e. The molecule has 25 heavy (non-hydrogen) atoms. The number of amides is 1. The molecule has 4 aliphatic rings. The topological polar surface area (TPSA) is 57.2 Å². The lowest BCUT2D eigenvalue weighted by Gasteiger charge is -2.55. The molecule has 142 valence electrons. The first-order chi connectivity index (χ1) is 11.5. The number of carbonyl (C=O) groups is 1. The van der Waals surface area contributed by atoms with Gasteiger partial charge in [-0.15, -0.1) is 24.0 Å². The normalized spacial score (nSPS) is 34.3. The summed E-state index contributed by atoms with van der Waals surface area (Å²) in [5, 5.41) is 3.69. The lowest BCUT2D eigenvalue weighted by molar-refractivity contribution is -0.135. The fraction of sp³-hybridized carbons (Fsp3) is 0.889. The molecule has 4 fully saturated rings. The predicted octanol–water partition coefficient (Wildman–Crippen LogP) is 1.69. The number of ether oxygens (including phenoxy) is 1. The van der Waals surface area contributed by atoms with Gasteiger partial charge in [0.2, 0.25) is 5.91 Å². The Kier molecular flexibility index (Phi) is 5.54. The van der Waals surface area contributed by atoms with E-state index in [1.54, 1.807) is 0 Å². The van der Waals surface area contributed by atoms with Crippen molar-refractivity contribution >= 4 is 35.8 Å². The second-order valence-electron chi connectivity index (χ2n) is 8.23. The molecule has 0 aromatic carbocycles. The number of hydrogen-bond acceptors (Lipinski definition) is 3. The van der Waals surface area contributed by atoms with Crippen LogP contribution in [0.1, 0.15) is 40.0 Å². The van der Waals surface area contributed by atoms with Crippen molar-refractivity contribution in [3.05, 3.63) is 0 Å². The molecule has 0 spiro atoms. The van der Waals surface area contributed by atoms with Crippen molar-refractivity contribution in [1.29, 1.82) is 0 Å². The summed E-state index contributed by atoms with van der Waals surface area (Å²) in [6, 6.07) is 0.896. The first-order valence-corrected chi connectivity index (χ1v) is 9.49. The van der Waals surface area contributed by atoms with Crippen molar-refractivity contribution < 1.29 is 9.53 Å². The van der Waals surface area contributed by atoms with Crippen LogP contribution in [0, 0.1) is 11.3 Å². The average Bonchev–Trinajstić information content (AvgIpc) is 3.28. The van der Waals surface area contributed by atoms with Crippen LogP contribution in [0.25, 0.3) is 0 Å². The fourth-order valence-corrected chi connectivity index (χ4v) is 4.78. The molecule has 0 aromatic rings. The van der Waals surface area contributed by atoms with Crippen LogP contribution in [0.2, 0.25) is 0 Å². The van der Waals surface area contributed by atoms with Gasteiger partial charge in [-0.05, 0) is 26.2 Å². The molecule has 1 N–H and O–H groups in total. The third-order valence-electron chi connectivity index (χ3n) is 6.24. The molecular weight excluding hydrogens is 431 g/mol. The first-order valence-electron chi connectivity index (χ1n) is 9.49. The molecule has 3 unspecified atom stereocenters. The zero-order chi connectivity index (χ0) is 16.9. The number of fused-ring (bicyclic) bond motifs is 1. The quantitative estimate of drug-likeness (QED) is 0.394. The van der Waals surface area contributed by atoms with Crippen LogP contribution in [-0.2, 0) is 9.53 Å². The zero-order valence-electron chi connectivity index (χ0n) is 15.5. The SMILES string of the molecule is CCN=C(NC1C2CCOC2C1(C)C)N1CCN(C2CC2)C(=O)C1.I. The molecule has 2 saturated heterocycles. The number of guanidine groups is 1. The second-order valence-corrected chi connectivity index (χ2v) is 8.23. The highest BCUT2D eigenvalue weighted by Crippen LogP contribution is 2.52. The number of piperazine rings is 1. The first kappa shape index (κ1) is 19.2. The van der Waals surface area contributed by atoms with E-state index in [2.05, 4.69) is 40.9 Å². The van der Waals surface area contributed by atoms with Gasteiger partial charge in [-0.25, -0.2) is 0 Å². The van der Waals surface area contributed by atoms with E-state index < -0.39 is 0 Å². The summed E-state index contributed by atoms with van der Waals surface area (Å²) >= 11 is 0. The van der Waals surface area contributed by atoms with E-state index in [1.807, 2.05) is 0 Å². The Morgan fingerprint density at radius 3 is 2.72 bits per heavy atom. The highest BCUT2D eigenvalue weighted by Gasteiger charge is 2.59. The number of nitrogens with zero attached hydrogens (tertiary/aromatic N) is 3. The maximum atomic E-state index is 12.5. The van der Waals surface area contributed by atoms with E-state index >= 15 is 0 Å². The Balaban J connectivity index is 0.00000182. The molecule has 2 aliphatic heterocycles. The summed E-state index contributed by atoms with van der Waals surface area (Å²) < 4.78 is 5.89. The van der Waals surface area contributed by atoms with Crippen LogP contribution in [0.15, 0.2) is 4.99 Å². The standard InChI is InChI=1S/C18H30N4O2.HI/c1-4-19-17(20-15-13-7-10-24-16(13)18(15,2)3)21-8-9-22(12-5-6-12)14(23)11-21;/h12-13,15-16H,4-11H2,1-3H3,(H,19,20);1H. The number of rotatable bonds is 3. The highest BCUT2D eigenvalue weighted by molar-refractivity contribution is 14.0. The highest BCUT2D eigenvalue weighted by atomic mass is 127. The molecule has 0 aromatic heterocycles. The number of halogens is 1. The van der Waals surface area contributed by atoms with E-state index in [0.29, 0.717) is 30.7 Å². The molecule has 2 aliphatic carbocycles. The minimum absolute atomic E-state index is 0. The molecule has 6 nitrogen and oxygen atoms in total. The van der Waals surface area contributed by atoms with Crippen molar-refractivity contribution in [1.82, 2.24) is 15.1 Å². The summed E-state index contributed by atoms with van der Waals surface area (Å²) in [5.74, 6) is 1.74. The van der Waals surface area contributed by atoms with Gasteiger partial charge in [0.25, 0.3) is 0 Å². The van der Waals surface area contributed by atoms with E-state index in [4.69, 9.17) is 4.74 Å².